The highest BCUT2D eigenvalue weighted by molar-refractivity contribution is 5.52. The molecule has 0 unspecified atom stereocenters. The van der Waals surface area contributed by atoms with Gasteiger partial charge in [-0.15, -0.1) is 0 Å². The van der Waals surface area contributed by atoms with Gasteiger partial charge >= 0.3 is 0 Å². The molecule has 1 saturated carbocycles. The van der Waals surface area contributed by atoms with Gasteiger partial charge in [-0.2, -0.15) is 5.10 Å². The van der Waals surface area contributed by atoms with E-state index in [9.17, 15) is 13.2 Å². The summed E-state index contributed by atoms with van der Waals surface area (Å²) < 4.78 is 41.8. The number of hydrogen-bond acceptors (Lipinski definition) is 2. The van der Waals surface area contributed by atoms with Gasteiger partial charge < -0.3 is 0 Å². The summed E-state index contributed by atoms with van der Waals surface area (Å²) in [7, 11) is 0. The Kier molecular flexibility index (Phi) is 2.54. The Morgan fingerprint density at radius 1 is 0.952 bits per heavy atom. The molecule has 1 aliphatic carbocycles. The average molecular weight is 289 g/mol. The van der Waals surface area contributed by atoms with Crippen LogP contribution in [0.4, 0.5) is 13.2 Å². The predicted molar refractivity (Wildman–Crippen MR) is 69.4 cm³/mol. The molecule has 21 heavy (non-hydrogen) atoms. The van der Waals surface area contributed by atoms with E-state index in [-0.39, 0.29) is 17.4 Å². The second kappa shape index (κ2) is 4.31. The number of aromatic nitrogens is 3. The number of fused-ring (bicyclic) bond motifs is 1. The fraction of sp³-hybridized carbons (Fsp3) is 0.200. The monoisotopic (exact) mass is 289 g/mol. The standard InChI is InChI=1S/C15H10F3N3/c16-12-2-1-8(13(17)14(12)18)10-7-11(10)9-3-4-20-21-6-5-19-15(9)21/h1-6,10-11H,7H2/t10-,11-/m1/s1. The molecule has 1 aliphatic rings. The lowest BCUT2D eigenvalue weighted by atomic mass is 10.0. The largest absolute Gasteiger partial charge is 0.235 e. The number of hydrogen-bond donors (Lipinski definition) is 0. The molecule has 2 aromatic heterocycles. The van der Waals surface area contributed by atoms with E-state index in [0.29, 0.717) is 12.1 Å². The minimum absolute atomic E-state index is 0.0530. The minimum Gasteiger partial charge on any atom is -0.235 e. The maximum atomic E-state index is 13.8. The third kappa shape index (κ3) is 1.82. The van der Waals surface area contributed by atoms with Gasteiger partial charge in [0.1, 0.15) is 0 Å². The van der Waals surface area contributed by atoms with Crippen LogP contribution in [0.15, 0.2) is 36.8 Å². The quantitative estimate of drug-likeness (QED) is 0.677. The number of benzene rings is 1. The zero-order chi connectivity index (χ0) is 14.6. The molecule has 0 amide bonds. The van der Waals surface area contributed by atoms with E-state index in [4.69, 9.17) is 0 Å². The molecular weight excluding hydrogens is 279 g/mol. The zero-order valence-electron chi connectivity index (χ0n) is 10.8. The Morgan fingerprint density at radius 2 is 1.76 bits per heavy atom. The molecule has 3 nitrogen and oxygen atoms in total. The highest BCUT2D eigenvalue weighted by Crippen LogP contribution is 2.56. The van der Waals surface area contributed by atoms with Crippen molar-refractivity contribution < 1.29 is 13.2 Å². The fourth-order valence-corrected chi connectivity index (χ4v) is 2.86. The van der Waals surface area contributed by atoms with Gasteiger partial charge in [0.15, 0.2) is 23.1 Å². The first-order valence-electron chi connectivity index (χ1n) is 6.58. The summed E-state index contributed by atoms with van der Waals surface area (Å²) in [5.74, 6) is -3.75. The van der Waals surface area contributed by atoms with Crippen LogP contribution in [0.25, 0.3) is 5.65 Å². The Morgan fingerprint density at radius 3 is 2.62 bits per heavy atom. The van der Waals surface area contributed by atoms with Crippen LogP contribution in [0.2, 0.25) is 0 Å². The maximum Gasteiger partial charge on any atom is 0.194 e. The fourth-order valence-electron chi connectivity index (χ4n) is 2.86. The summed E-state index contributed by atoms with van der Waals surface area (Å²) >= 11 is 0. The van der Waals surface area contributed by atoms with E-state index in [1.54, 1.807) is 23.1 Å². The molecule has 3 aromatic rings. The lowest BCUT2D eigenvalue weighted by Crippen LogP contribution is -1.98. The van der Waals surface area contributed by atoms with Crippen molar-refractivity contribution in [1.82, 2.24) is 14.6 Å². The van der Waals surface area contributed by atoms with Gasteiger partial charge in [0, 0.05) is 24.2 Å². The van der Waals surface area contributed by atoms with E-state index < -0.39 is 17.5 Å². The van der Waals surface area contributed by atoms with Gasteiger partial charge in [0.2, 0.25) is 0 Å². The van der Waals surface area contributed by atoms with Gasteiger partial charge in [-0.05, 0) is 36.0 Å². The van der Waals surface area contributed by atoms with Crippen LogP contribution in [0.5, 0.6) is 0 Å². The van der Waals surface area contributed by atoms with Crippen LogP contribution >= 0.6 is 0 Å². The normalized spacial score (nSPS) is 20.9. The van der Waals surface area contributed by atoms with Crippen LogP contribution in [0.1, 0.15) is 29.4 Å². The van der Waals surface area contributed by atoms with Gasteiger partial charge in [-0.1, -0.05) is 6.07 Å². The van der Waals surface area contributed by atoms with E-state index in [0.717, 1.165) is 11.6 Å². The molecule has 0 spiro atoms. The minimum atomic E-state index is -1.40. The molecule has 0 saturated heterocycles. The first-order valence-corrected chi connectivity index (χ1v) is 6.58. The molecule has 1 aromatic carbocycles. The van der Waals surface area contributed by atoms with Crippen LogP contribution in [0, 0.1) is 17.5 Å². The van der Waals surface area contributed by atoms with Crippen LogP contribution < -0.4 is 0 Å². The van der Waals surface area contributed by atoms with Crippen molar-refractivity contribution >= 4 is 5.65 Å². The Balaban J connectivity index is 1.73. The maximum absolute atomic E-state index is 13.8. The second-order valence-electron chi connectivity index (χ2n) is 5.20. The summed E-state index contributed by atoms with van der Waals surface area (Å²) in [5, 5.41) is 4.12. The molecule has 2 heterocycles. The van der Waals surface area contributed by atoms with Crippen molar-refractivity contribution in [3.05, 3.63) is 65.4 Å². The van der Waals surface area contributed by atoms with Crippen LogP contribution in [0.3, 0.4) is 0 Å². The second-order valence-corrected chi connectivity index (χ2v) is 5.20. The van der Waals surface area contributed by atoms with E-state index in [1.807, 2.05) is 6.07 Å². The molecule has 0 bridgehead atoms. The Hall–Kier alpha value is -2.37. The van der Waals surface area contributed by atoms with Gasteiger partial charge in [0.25, 0.3) is 0 Å². The van der Waals surface area contributed by atoms with Gasteiger partial charge in [-0.3, -0.25) is 0 Å². The molecule has 2 atom stereocenters. The number of imidazole rings is 1. The third-order valence-corrected chi connectivity index (χ3v) is 3.98. The Labute approximate surface area is 118 Å². The van der Waals surface area contributed by atoms with Crippen molar-refractivity contribution in [2.45, 2.75) is 18.3 Å². The lowest BCUT2D eigenvalue weighted by Gasteiger charge is -2.05. The average Bonchev–Trinajstić information content (AvgIpc) is 3.11. The third-order valence-electron chi connectivity index (χ3n) is 3.98. The first kappa shape index (κ1) is 12.4. The molecule has 0 N–H and O–H groups in total. The van der Waals surface area contributed by atoms with Crippen LogP contribution in [-0.4, -0.2) is 14.6 Å². The molecule has 106 valence electrons. The summed E-state index contributed by atoms with van der Waals surface area (Å²) in [4.78, 5) is 4.23. The summed E-state index contributed by atoms with van der Waals surface area (Å²) in [6.07, 6.45) is 5.71. The summed E-state index contributed by atoms with van der Waals surface area (Å²) in [5.41, 5.74) is 1.89. The smallest absolute Gasteiger partial charge is 0.194 e. The van der Waals surface area contributed by atoms with Crippen molar-refractivity contribution in [2.24, 2.45) is 0 Å². The topological polar surface area (TPSA) is 30.2 Å². The van der Waals surface area contributed by atoms with Crippen molar-refractivity contribution in [2.75, 3.05) is 0 Å². The predicted octanol–water partition coefficient (Wildman–Crippen LogP) is 3.42. The van der Waals surface area contributed by atoms with Crippen molar-refractivity contribution in [3.8, 4) is 0 Å². The van der Waals surface area contributed by atoms with Crippen molar-refractivity contribution in [1.29, 1.82) is 0 Å². The lowest BCUT2D eigenvalue weighted by molar-refractivity contribution is 0.441. The molecule has 0 radical (unpaired) electrons. The van der Waals surface area contributed by atoms with Crippen LogP contribution in [-0.2, 0) is 0 Å². The number of nitrogens with zero attached hydrogens (tertiary/aromatic N) is 3. The van der Waals surface area contributed by atoms with E-state index >= 15 is 0 Å². The SMILES string of the molecule is Fc1ccc([C@H]2C[C@@H]2c2ccnn3ccnc23)c(F)c1F. The molecule has 1 fully saturated rings. The Bertz CT molecular complexity index is 843. The summed E-state index contributed by atoms with van der Waals surface area (Å²) in [6, 6.07) is 4.13. The summed E-state index contributed by atoms with van der Waals surface area (Å²) in [6.45, 7) is 0. The first-order chi connectivity index (χ1) is 10.2. The van der Waals surface area contributed by atoms with Gasteiger partial charge in [0.05, 0.1) is 0 Å². The van der Waals surface area contributed by atoms with E-state index in [2.05, 4.69) is 10.1 Å². The van der Waals surface area contributed by atoms with Crippen molar-refractivity contribution in [3.63, 3.8) is 0 Å². The number of halogens is 3. The molecule has 6 heteroatoms. The molecule has 4 rings (SSSR count). The van der Waals surface area contributed by atoms with Gasteiger partial charge in [-0.25, -0.2) is 22.7 Å². The number of rotatable bonds is 2. The molecule has 0 aliphatic heterocycles. The van der Waals surface area contributed by atoms with E-state index in [1.165, 1.54) is 6.07 Å². The molecular formula is C15H10F3N3. The zero-order valence-corrected chi connectivity index (χ0v) is 10.8. The highest BCUT2D eigenvalue weighted by Gasteiger charge is 2.43. The highest BCUT2D eigenvalue weighted by atomic mass is 19.2.